The quantitative estimate of drug-likeness (QED) is 0.723. The maximum atomic E-state index is 6.05. The number of rotatable bonds is 5. The van der Waals surface area contributed by atoms with E-state index in [9.17, 15) is 0 Å². The lowest BCUT2D eigenvalue weighted by Crippen LogP contribution is -2.32. The number of aryl methyl sites for hydroxylation is 1. The highest BCUT2D eigenvalue weighted by molar-refractivity contribution is 5.86. The fraction of sp³-hybridized carbons (Fsp3) is 0.450. The van der Waals surface area contributed by atoms with Crippen LogP contribution in [0.15, 0.2) is 30.5 Å². The lowest BCUT2D eigenvalue weighted by molar-refractivity contribution is 0.185. The van der Waals surface area contributed by atoms with Gasteiger partial charge in [0.2, 0.25) is 5.95 Å². The topological polar surface area (TPSA) is 84.9 Å². The molecule has 3 N–H and O–H groups in total. The van der Waals surface area contributed by atoms with Crippen LogP contribution in [0.3, 0.4) is 0 Å². The summed E-state index contributed by atoms with van der Waals surface area (Å²) >= 11 is 0. The minimum atomic E-state index is 0.450. The molecule has 0 unspecified atom stereocenters. The fourth-order valence-electron chi connectivity index (χ4n) is 3.64. The maximum absolute atomic E-state index is 6.05. The van der Waals surface area contributed by atoms with Crippen molar-refractivity contribution in [1.82, 2.24) is 24.6 Å². The predicted molar refractivity (Wildman–Crippen MR) is 108 cm³/mol. The molecule has 1 saturated heterocycles. The number of nitrogen functional groups attached to an aromatic ring is 1. The van der Waals surface area contributed by atoms with Crippen LogP contribution >= 0.6 is 0 Å². The van der Waals surface area contributed by atoms with Gasteiger partial charge in [-0.1, -0.05) is 31.2 Å². The summed E-state index contributed by atoms with van der Waals surface area (Å²) in [5, 5.41) is 8.32. The summed E-state index contributed by atoms with van der Waals surface area (Å²) in [5.74, 6) is 1.83. The summed E-state index contributed by atoms with van der Waals surface area (Å²) < 4.78 is 1.71. The zero-order valence-electron chi connectivity index (χ0n) is 16.0. The van der Waals surface area contributed by atoms with E-state index >= 15 is 0 Å². The van der Waals surface area contributed by atoms with Crippen LogP contribution in [0.1, 0.15) is 30.9 Å². The highest BCUT2D eigenvalue weighted by Gasteiger charge is 2.17. The van der Waals surface area contributed by atoms with E-state index in [4.69, 9.17) is 5.73 Å². The first-order valence-electron chi connectivity index (χ1n) is 9.58. The molecule has 0 saturated carbocycles. The van der Waals surface area contributed by atoms with Crippen molar-refractivity contribution in [2.45, 2.75) is 32.9 Å². The van der Waals surface area contributed by atoms with Crippen molar-refractivity contribution in [2.24, 2.45) is 13.0 Å². The van der Waals surface area contributed by atoms with Crippen molar-refractivity contribution in [2.75, 3.05) is 24.1 Å². The van der Waals surface area contributed by atoms with Crippen LogP contribution < -0.4 is 11.1 Å². The molecule has 142 valence electrons. The Morgan fingerprint density at radius 1 is 1.15 bits per heavy atom. The molecule has 1 aliphatic heterocycles. The summed E-state index contributed by atoms with van der Waals surface area (Å²) in [6.45, 7) is 6.37. The number of nitrogens with zero attached hydrogens (tertiary/aromatic N) is 5. The number of nitrogens with one attached hydrogen (secondary N) is 1. The van der Waals surface area contributed by atoms with Crippen LogP contribution in [0.2, 0.25) is 0 Å². The van der Waals surface area contributed by atoms with Gasteiger partial charge in [0.15, 0.2) is 5.65 Å². The number of hydrogen-bond donors (Lipinski definition) is 2. The van der Waals surface area contributed by atoms with Crippen LogP contribution in [0, 0.1) is 5.92 Å². The summed E-state index contributed by atoms with van der Waals surface area (Å²) in [6.07, 6.45) is 4.28. The molecule has 3 heterocycles. The van der Waals surface area contributed by atoms with Crippen LogP contribution in [0.4, 0.5) is 11.8 Å². The first-order chi connectivity index (χ1) is 13.1. The number of fused-ring (bicyclic) bond motifs is 1. The molecule has 2 aromatic heterocycles. The molecule has 7 heteroatoms. The monoisotopic (exact) mass is 365 g/mol. The normalized spacial score (nSPS) is 16.1. The molecule has 3 aromatic rings. The van der Waals surface area contributed by atoms with Crippen molar-refractivity contribution in [3.05, 3.63) is 41.6 Å². The van der Waals surface area contributed by atoms with Gasteiger partial charge in [-0.25, -0.2) is 0 Å². The zero-order chi connectivity index (χ0) is 18.8. The van der Waals surface area contributed by atoms with Crippen LogP contribution in [0.25, 0.3) is 11.0 Å². The molecule has 0 spiro atoms. The minimum absolute atomic E-state index is 0.450. The summed E-state index contributed by atoms with van der Waals surface area (Å²) in [5.41, 5.74) is 9.41. The second-order valence-electron chi connectivity index (χ2n) is 7.52. The van der Waals surface area contributed by atoms with E-state index in [2.05, 4.69) is 56.5 Å². The fourth-order valence-corrected chi connectivity index (χ4v) is 3.64. The lowest BCUT2D eigenvalue weighted by atomic mass is 9.98. The van der Waals surface area contributed by atoms with Gasteiger partial charge in [-0.3, -0.25) is 9.58 Å². The van der Waals surface area contributed by atoms with Gasteiger partial charge in [0.25, 0.3) is 0 Å². The standard InChI is InChI=1S/C20H27N7/c1-14-7-9-27(10-8-14)13-16-6-4-3-5-15(16)11-22-20-24-18(21)17-12-23-26(2)19(17)25-20/h3-6,12,14H,7-11,13H2,1-2H3,(H3,21,22,24,25). The molecule has 0 amide bonds. The third-order valence-corrected chi connectivity index (χ3v) is 5.45. The van der Waals surface area contributed by atoms with E-state index in [1.165, 1.54) is 37.1 Å². The van der Waals surface area contributed by atoms with Gasteiger partial charge in [-0.05, 0) is 43.0 Å². The van der Waals surface area contributed by atoms with E-state index in [-0.39, 0.29) is 0 Å². The molecule has 0 aliphatic carbocycles. The van der Waals surface area contributed by atoms with Crippen molar-refractivity contribution < 1.29 is 0 Å². The van der Waals surface area contributed by atoms with Crippen LogP contribution in [-0.2, 0) is 20.1 Å². The summed E-state index contributed by atoms with van der Waals surface area (Å²) in [6, 6.07) is 8.58. The summed E-state index contributed by atoms with van der Waals surface area (Å²) in [4.78, 5) is 11.5. The molecular weight excluding hydrogens is 338 g/mol. The molecule has 7 nitrogen and oxygen atoms in total. The highest BCUT2D eigenvalue weighted by atomic mass is 15.3. The number of piperidine rings is 1. The third-order valence-electron chi connectivity index (χ3n) is 5.45. The SMILES string of the molecule is CC1CCN(Cc2ccccc2CNc2nc(N)c3cnn(C)c3n2)CC1. The molecule has 1 fully saturated rings. The number of aromatic nitrogens is 4. The largest absolute Gasteiger partial charge is 0.383 e. The average Bonchev–Trinajstić information content (AvgIpc) is 3.04. The van der Waals surface area contributed by atoms with Crippen molar-refractivity contribution in [3.63, 3.8) is 0 Å². The van der Waals surface area contributed by atoms with Crippen molar-refractivity contribution in [1.29, 1.82) is 0 Å². The molecular formula is C20H27N7. The van der Waals surface area contributed by atoms with Gasteiger partial charge in [-0.2, -0.15) is 15.1 Å². The molecule has 0 bridgehead atoms. The molecule has 1 aliphatic rings. The van der Waals surface area contributed by atoms with Gasteiger partial charge < -0.3 is 11.1 Å². The van der Waals surface area contributed by atoms with Gasteiger partial charge in [0.05, 0.1) is 11.6 Å². The Balaban J connectivity index is 1.48. The molecule has 0 radical (unpaired) electrons. The Kier molecular flexibility index (Phi) is 4.94. The zero-order valence-corrected chi connectivity index (χ0v) is 16.0. The predicted octanol–water partition coefficient (Wildman–Crippen LogP) is 2.79. The Morgan fingerprint density at radius 3 is 2.67 bits per heavy atom. The molecule has 27 heavy (non-hydrogen) atoms. The molecule has 4 rings (SSSR count). The van der Waals surface area contributed by atoms with E-state index in [0.29, 0.717) is 18.3 Å². The van der Waals surface area contributed by atoms with Crippen LogP contribution in [0.5, 0.6) is 0 Å². The summed E-state index contributed by atoms with van der Waals surface area (Å²) in [7, 11) is 1.85. The van der Waals surface area contributed by atoms with Gasteiger partial charge >= 0.3 is 0 Å². The Hall–Kier alpha value is -2.67. The van der Waals surface area contributed by atoms with Crippen molar-refractivity contribution in [3.8, 4) is 0 Å². The Labute approximate surface area is 159 Å². The first kappa shape index (κ1) is 17.7. The van der Waals surface area contributed by atoms with Crippen LogP contribution in [-0.4, -0.2) is 37.7 Å². The third kappa shape index (κ3) is 3.88. The number of benzene rings is 1. The number of likely N-dealkylation sites (tertiary alicyclic amines) is 1. The second-order valence-corrected chi connectivity index (χ2v) is 7.52. The highest BCUT2D eigenvalue weighted by Crippen LogP contribution is 2.21. The number of hydrogen-bond acceptors (Lipinski definition) is 6. The van der Waals surface area contributed by atoms with Crippen molar-refractivity contribution >= 4 is 22.8 Å². The molecule has 1 aromatic carbocycles. The maximum Gasteiger partial charge on any atom is 0.226 e. The van der Waals surface area contributed by atoms with E-state index < -0.39 is 0 Å². The molecule has 0 atom stereocenters. The Bertz CT molecular complexity index is 925. The first-order valence-corrected chi connectivity index (χ1v) is 9.58. The van der Waals surface area contributed by atoms with E-state index in [0.717, 1.165) is 23.5 Å². The number of nitrogens with two attached hydrogens (primary N) is 1. The number of anilines is 2. The Morgan fingerprint density at radius 2 is 1.89 bits per heavy atom. The lowest BCUT2D eigenvalue weighted by Gasteiger charge is -2.30. The van der Waals surface area contributed by atoms with E-state index in [1.807, 2.05) is 7.05 Å². The second kappa shape index (κ2) is 7.52. The average molecular weight is 365 g/mol. The minimum Gasteiger partial charge on any atom is -0.383 e. The van der Waals surface area contributed by atoms with Gasteiger partial charge in [-0.15, -0.1) is 0 Å². The van der Waals surface area contributed by atoms with E-state index in [1.54, 1.807) is 10.9 Å². The van der Waals surface area contributed by atoms with Gasteiger partial charge in [0, 0.05) is 20.1 Å². The smallest absolute Gasteiger partial charge is 0.226 e. The van der Waals surface area contributed by atoms with Gasteiger partial charge in [0.1, 0.15) is 5.82 Å².